The number of hydrogen-bond acceptors (Lipinski definition) is 3. The Kier molecular flexibility index (Phi) is 4.20. The molecule has 0 spiro atoms. The van der Waals surface area contributed by atoms with Crippen molar-refractivity contribution in [2.45, 2.75) is 6.42 Å². The molecule has 0 aliphatic carbocycles. The Morgan fingerprint density at radius 1 is 1.35 bits per heavy atom. The first-order chi connectivity index (χ1) is 8.18. The number of phenolic OH excluding ortho intramolecular Hbond substituents is 1. The average molecular weight is 259 g/mol. The second-order valence-electron chi connectivity index (χ2n) is 4.20. The number of nitrogens with zero attached hydrogens (tertiary/aromatic N) is 1. The van der Waals surface area contributed by atoms with E-state index in [0.717, 1.165) is 32.7 Å². The minimum absolute atomic E-state index is 0.0120. The van der Waals surface area contributed by atoms with E-state index in [0.29, 0.717) is 12.0 Å². The predicted molar refractivity (Wildman–Crippen MR) is 66.1 cm³/mol. The van der Waals surface area contributed by atoms with E-state index < -0.39 is 5.82 Å². The summed E-state index contributed by atoms with van der Waals surface area (Å²) in [6, 6.07) is 2.82. The fourth-order valence-corrected chi connectivity index (χ4v) is 2.20. The largest absolute Gasteiger partial charge is 0.508 e. The number of rotatable bonds is 3. The monoisotopic (exact) mass is 258 g/mol. The molecule has 0 atom stereocenters. The Morgan fingerprint density at radius 3 is 2.76 bits per heavy atom. The number of nitrogens with one attached hydrogen (secondary N) is 1. The van der Waals surface area contributed by atoms with Gasteiger partial charge < -0.3 is 15.3 Å². The van der Waals surface area contributed by atoms with Crippen molar-refractivity contribution < 1.29 is 9.50 Å². The second kappa shape index (κ2) is 5.67. The van der Waals surface area contributed by atoms with E-state index in [9.17, 15) is 9.50 Å². The van der Waals surface area contributed by atoms with Gasteiger partial charge in [0.1, 0.15) is 11.6 Å². The van der Waals surface area contributed by atoms with E-state index in [1.165, 1.54) is 12.1 Å². The number of aromatic hydroxyl groups is 1. The third-order valence-electron chi connectivity index (χ3n) is 3.06. The molecule has 1 aliphatic heterocycles. The molecule has 17 heavy (non-hydrogen) atoms. The lowest BCUT2D eigenvalue weighted by Gasteiger charge is -2.27. The molecule has 1 saturated heterocycles. The van der Waals surface area contributed by atoms with E-state index in [4.69, 9.17) is 11.6 Å². The molecule has 0 saturated carbocycles. The number of piperazine rings is 1. The van der Waals surface area contributed by atoms with Crippen LogP contribution in [0.4, 0.5) is 4.39 Å². The van der Waals surface area contributed by atoms with Crippen molar-refractivity contribution in [1.29, 1.82) is 0 Å². The van der Waals surface area contributed by atoms with Gasteiger partial charge in [-0.1, -0.05) is 11.6 Å². The van der Waals surface area contributed by atoms with Crippen molar-refractivity contribution in [2.24, 2.45) is 0 Å². The van der Waals surface area contributed by atoms with Gasteiger partial charge in [0, 0.05) is 38.3 Å². The molecule has 0 aromatic heterocycles. The summed E-state index contributed by atoms with van der Waals surface area (Å²) in [6.45, 7) is 4.59. The summed E-state index contributed by atoms with van der Waals surface area (Å²) in [5.41, 5.74) is 0.316. The molecule has 0 radical (unpaired) electrons. The normalized spacial score (nSPS) is 17.3. The third-order valence-corrected chi connectivity index (χ3v) is 3.35. The molecular formula is C12H16ClFN2O. The highest BCUT2D eigenvalue weighted by Gasteiger charge is 2.14. The first-order valence-corrected chi connectivity index (χ1v) is 6.15. The van der Waals surface area contributed by atoms with Crippen molar-refractivity contribution in [1.82, 2.24) is 10.2 Å². The third kappa shape index (κ3) is 3.09. The summed E-state index contributed by atoms with van der Waals surface area (Å²) in [5, 5.41) is 12.9. The lowest BCUT2D eigenvalue weighted by molar-refractivity contribution is 0.242. The molecule has 94 valence electrons. The van der Waals surface area contributed by atoms with Gasteiger partial charge in [0.05, 0.1) is 5.02 Å². The maximum atomic E-state index is 13.7. The Labute approximate surface area is 105 Å². The lowest BCUT2D eigenvalue weighted by Crippen LogP contribution is -2.44. The molecule has 0 bridgehead atoms. The molecule has 1 aromatic rings. The van der Waals surface area contributed by atoms with Crippen molar-refractivity contribution in [2.75, 3.05) is 32.7 Å². The van der Waals surface area contributed by atoms with Crippen LogP contribution in [0.5, 0.6) is 5.75 Å². The second-order valence-corrected chi connectivity index (χ2v) is 4.61. The Balaban J connectivity index is 2.00. The highest BCUT2D eigenvalue weighted by molar-refractivity contribution is 6.30. The molecule has 5 heteroatoms. The zero-order valence-electron chi connectivity index (χ0n) is 9.55. The van der Waals surface area contributed by atoms with Crippen LogP contribution < -0.4 is 5.32 Å². The van der Waals surface area contributed by atoms with Crippen LogP contribution >= 0.6 is 11.6 Å². The van der Waals surface area contributed by atoms with Gasteiger partial charge in [0.25, 0.3) is 0 Å². The van der Waals surface area contributed by atoms with Crippen molar-refractivity contribution in [3.05, 3.63) is 28.5 Å². The average Bonchev–Trinajstić information content (AvgIpc) is 2.35. The summed E-state index contributed by atoms with van der Waals surface area (Å²) in [7, 11) is 0. The fourth-order valence-electron chi connectivity index (χ4n) is 2.02. The van der Waals surface area contributed by atoms with E-state index in [-0.39, 0.29) is 10.8 Å². The van der Waals surface area contributed by atoms with Crippen molar-refractivity contribution >= 4 is 11.6 Å². The van der Waals surface area contributed by atoms with Crippen LogP contribution in [-0.2, 0) is 6.42 Å². The molecule has 1 fully saturated rings. The number of halogens is 2. The molecule has 2 N–H and O–H groups in total. The first-order valence-electron chi connectivity index (χ1n) is 5.77. The van der Waals surface area contributed by atoms with Gasteiger partial charge in [-0.05, 0) is 18.6 Å². The zero-order chi connectivity index (χ0) is 12.3. The van der Waals surface area contributed by atoms with E-state index in [1.807, 2.05) is 0 Å². The topological polar surface area (TPSA) is 35.5 Å². The van der Waals surface area contributed by atoms with Gasteiger partial charge in [-0.3, -0.25) is 0 Å². The molecule has 1 aliphatic rings. The quantitative estimate of drug-likeness (QED) is 0.865. The first kappa shape index (κ1) is 12.6. The molecule has 0 amide bonds. The smallest absolute Gasteiger partial charge is 0.148 e. The molecule has 1 aromatic carbocycles. The minimum Gasteiger partial charge on any atom is -0.508 e. The van der Waals surface area contributed by atoms with E-state index in [1.54, 1.807) is 0 Å². The Morgan fingerprint density at radius 2 is 2.06 bits per heavy atom. The van der Waals surface area contributed by atoms with Crippen LogP contribution in [0, 0.1) is 5.82 Å². The molecular weight excluding hydrogens is 243 g/mol. The maximum Gasteiger partial charge on any atom is 0.148 e. The highest BCUT2D eigenvalue weighted by atomic mass is 35.5. The van der Waals surface area contributed by atoms with Crippen molar-refractivity contribution in [3.63, 3.8) is 0 Å². The SMILES string of the molecule is Oc1ccc(Cl)c(F)c1CCN1CCNCC1. The summed E-state index contributed by atoms with van der Waals surface area (Å²) in [5.74, 6) is -0.510. The Hall–Kier alpha value is -0.840. The van der Waals surface area contributed by atoms with Crippen LogP contribution in [-0.4, -0.2) is 42.7 Å². The summed E-state index contributed by atoms with van der Waals surface area (Å²) in [4.78, 5) is 2.25. The zero-order valence-corrected chi connectivity index (χ0v) is 10.3. The number of benzene rings is 1. The Bertz CT molecular complexity index is 394. The van der Waals surface area contributed by atoms with Crippen LogP contribution in [0.3, 0.4) is 0 Å². The van der Waals surface area contributed by atoms with Crippen LogP contribution in [0.1, 0.15) is 5.56 Å². The van der Waals surface area contributed by atoms with Gasteiger partial charge in [-0.2, -0.15) is 0 Å². The molecule has 0 unspecified atom stereocenters. The van der Waals surface area contributed by atoms with E-state index in [2.05, 4.69) is 10.2 Å². The standard InChI is InChI=1S/C12H16ClFN2O/c13-10-1-2-11(17)9(12(10)14)3-6-16-7-4-15-5-8-16/h1-2,15,17H,3-8H2. The molecule has 3 nitrogen and oxygen atoms in total. The maximum absolute atomic E-state index is 13.7. The van der Waals surface area contributed by atoms with Crippen LogP contribution in [0.25, 0.3) is 0 Å². The van der Waals surface area contributed by atoms with Crippen LogP contribution in [0.2, 0.25) is 5.02 Å². The van der Waals surface area contributed by atoms with Crippen LogP contribution in [0.15, 0.2) is 12.1 Å². The van der Waals surface area contributed by atoms with Gasteiger partial charge in [0.2, 0.25) is 0 Å². The minimum atomic E-state index is -0.498. The molecule has 1 heterocycles. The summed E-state index contributed by atoms with van der Waals surface area (Å²) < 4.78 is 13.7. The highest BCUT2D eigenvalue weighted by Crippen LogP contribution is 2.26. The number of hydrogen-bond donors (Lipinski definition) is 2. The van der Waals surface area contributed by atoms with E-state index >= 15 is 0 Å². The molecule has 2 rings (SSSR count). The summed E-state index contributed by atoms with van der Waals surface area (Å²) >= 11 is 5.70. The van der Waals surface area contributed by atoms with Gasteiger partial charge in [-0.25, -0.2) is 4.39 Å². The van der Waals surface area contributed by atoms with Gasteiger partial charge in [0.15, 0.2) is 0 Å². The lowest BCUT2D eigenvalue weighted by atomic mass is 10.1. The summed E-state index contributed by atoms with van der Waals surface area (Å²) in [6.07, 6.45) is 0.484. The fraction of sp³-hybridized carbons (Fsp3) is 0.500. The van der Waals surface area contributed by atoms with Gasteiger partial charge in [-0.15, -0.1) is 0 Å². The van der Waals surface area contributed by atoms with Gasteiger partial charge >= 0.3 is 0 Å². The van der Waals surface area contributed by atoms with Crippen molar-refractivity contribution in [3.8, 4) is 5.75 Å². The predicted octanol–water partition coefficient (Wildman–Crippen LogP) is 1.63. The number of phenols is 1.